The van der Waals surface area contributed by atoms with Gasteiger partial charge in [0.25, 0.3) is 0 Å². The molecule has 1 heterocycles. The maximum Gasteiger partial charge on any atom is 0.229 e. The van der Waals surface area contributed by atoms with Crippen molar-refractivity contribution in [1.82, 2.24) is 0 Å². The van der Waals surface area contributed by atoms with Crippen molar-refractivity contribution in [2.45, 2.75) is 6.42 Å². The van der Waals surface area contributed by atoms with E-state index in [1.807, 2.05) is 0 Å². The van der Waals surface area contributed by atoms with Crippen LogP contribution in [0.25, 0.3) is 0 Å². The lowest BCUT2D eigenvalue weighted by Crippen LogP contribution is -2.28. The first-order chi connectivity index (χ1) is 12.0. The summed E-state index contributed by atoms with van der Waals surface area (Å²) in [5.74, 6) is -1.24. The van der Waals surface area contributed by atoms with E-state index < -0.39 is 11.7 Å². The molecule has 2 aromatic carbocycles. The van der Waals surface area contributed by atoms with E-state index in [4.69, 9.17) is 16.3 Å². The number of ether oxygens (including phenoxy) is 1. The molecule has 0 unspecified atom stereocenters. The number of anilines is 2. The molecule has 2 amide bonds. The smallest absolute Gasteiger partial charge is 0.229 e. The first-order valence-electron chi connectivity index (χ1n) is 7.69. The number of halogens is 2. The minimum atomic E-state index is -0.587. The van der Waals surface area contributed by atoms with Crippen LogP contribution in [0, 0.1) is 11.7 Å². The maximum absolute atomic E-state index is 13.9. The first kappa shape index (κ1) is 17.2. The zero-order valence-corrected chi connectivity index (χ0v) is 14.2. The molecule has 1 saturated heterocycles. The number of hydrogen-bond donors (Lipinski definition) is 1. The summed E-state index contributed by atoms with van der Waals surface area (Å²) in [4.78, 5) is 26.0. The Labute approximate surface area is 149 Å². The van der Waals surface area contributed by atoms with Gasteiger partial charge in [-0.15, -0.1) is 0 Å². The molecule has 0 aliphatic carbocycles. The average Bonchev–Trinajstić information content (AvgIpc) is 2.97. The normalized spacial score (nSPS) is 16.8. The lowest BCUT2D eigenvalue weighted by Gasteiger charge is -2.17. The Bertz CT molecular complexity index is 828. The van der Waals surface area contributed by atoms with Crippen LogP contribution in [-0.2, 0) is 9.59 Å². The molecular weight excluding hydrogens is 347 g/mol. The quantitative estimate of drug-likeness (QED) is 0.905. The highest BCUT2D eigenvalue weighted by Gasteiger charge is 2.36. The minimum absolute atomic E-state index is 0.0169. The molecule has 0 saturated carbocycles. The second-order valence-electron chi connectivity index (χ2n) is 5.69. The lowest BCUT2D eigenvalue weighted by atomic mass is 10.1. The van der Waals surface area contributed by atoms with Crippen molar-refractivity contribution in [2.24, 2.45) is 5.92 Å². The number of methoxy groups -OCH3 is 1. The Morgan fingerprint density at radius 2 is 2.08 bits per heavy atom. The Hall–Kier alpha value is -2.60. The number of hydrogen-bond acceptors (Lipinski definition) is 3. The summed E-state index contributed by atoms with van der Waals surface area (Å²) in [5, 5.41) is 3.18. The van der Waals surface area contributed by atoms with E-state index >= 15 is 0 Å². The van der Waals surface area contributed by atoms with Gasteiger partial charge in [-0.3, -0.25) is 9.59 Å². The van der Waals surface area contributed by atoms with Crippen molar-refractivity contribution >= 4 is 34.8 Å². The molecule has 5 nitrogen and oxygen atoms in total. The molecule has 1 atom stereocenters. The number of para-hydroxylation sites is 1. The molecule has 0 bridgehead atoms. The van der Waals surface area contributed by atoms with Gasteiger partial charge < -0.3 is 15.0 Å². The second kappa shape index (κ2) is 7.11. The van der Waals surface area contributed by atoms with E-state index in [9.17, 15) is 14.0 Å². The predicted octanol–water partition coefficient (Wildman–Crippen LogP) is 3.48. The van der Waals surface area contributed by atoms with Gasteiger partial charge in [-0.25, -0.2) is 4.39 Å². The monoisotopic (exact) mass is 362 g/mol. The van der Waals surface area contributed by atoms with Crippen molar-refractivity contribution in [2.75, 3.05) is 23.9 Å². The van der Waals surface area contributed by atoms with Crippen molar-refractivity contribution < 1.29 is 18.7 Å². The Morgan fingerprint density at radius 1 is 1.32 bits per heavy atom. The largest absolute Gasteiger partial charge is 0.495 e. The summed E-state index contributed by atoms with van der Waals surface area (Å²) in [7, 11) is 1.48. The predicted molar refractivity (Wildman–Crippen MR) is 93.5 cm³/mol. The summed E-state index contributed by atoms with van der Waals surface area (Å²) in [5.41, 5.74) is 0.611. The molecule has 1 aliphatic rings. The zero-order chi connectivity index (χ0) is 18.0. The van der Waals surface area contributed by atoms with E-state index in [2.05, 4.69) is 5.32 Å². The molecule has 0 spiro atoms. The number of carbonyl (C=O) groups is 2. The topological polar surface area (TPSA) is 58.6 Å². The van der Waals surface area contributed by atoms with Crippen molar-refractivity contribution in [1.29, 1.82) is 0 Å². The molecule has 0 aromatic heterocycles. The van der Waals surface area contributed by atoms with Crippen molar-refractivity contribution in [3.63, 3.8) is 0 Å². The van der Waals surface area contributed by atoms with Crippen molar-refractivity contribution in [3.05, 3.63) is 53.3 Å². The van der Waals surface area contributed by atoms with Gasteiger partial charge in [-0.2, -0.15) is 0 Å². The van der Waals surface area contributed by atoms with E-state index in [0.717, 1.165) is 0 Å². The molecule has 2 aromatic rings. The number of carbonyl (C=O) groups excluding carboxylic acids is 2. The van der Waals surface area contributed by atoms with E-state index in [1.54, 1.807) is 30.3 Å². The summed E-state index contributed by atoms with van der Waals surface area (Å²) in [6.45, 7) is 0.120. The average molecular weight is 363 g/mol. The van der Waals surface area contributed by atoms with Gasteiger partial charge >= 0.3 is 0 Å². The number of nitrogens with one attached hydrogen (secondary N) is 1. The highest BCUT2D eigenvalue weighted by Crippen LogP contribution is 2.31. The molecule has 7 heteroatoms. The minimum Gasteiger partial charge on any atom is -0.495 e. The summed E-state index contributed by atoms with van der Waals surface area (Å²) in [6, 6.07) is 10.9. The van der Waals surface area contributed by atoms with Gasteiger partial charge in [-0.1, -0.05) is 23.7 Å². The molecular formula is C18H16ClFN2O3. The molecule has 1 aliphatic heterocycles. The molecule has 0 radical (unpaired) electrons. The fourth-order valence-electron chi connectivity index (χ4n) is 2.80. The Morgan fingerprint density at radius 3 is 2.80 bits per heavy atom. The first-order valence-corrected chi connectivity index (χ1v) is 8.06. The third-order valence-corrected chi connectivity index (χ3v) is 4.29. The van der Waals surface area contributed by atoms with Crippen LogP contribution in [0.15, 0.2) is 42.5 Å². The summed E-state index contributed by atoms with van der Waals surface area (Å²) in [6.07, 6.45) is 0.0169. The highest BCUT2D eigenvalue weighted by molar-refractivity contribution is 6.31. The van der Waals surface area contributed by atoms with Gasteiger partial charge in [0.2, 0.25) is 11.8 Å². The van der Waals surface area contributed by atoms with Gasteiger partial charge in [0.15, 0.2) is 0 Å². The molecule has 1 fully saturated rings. The van der Waals surface area contributed by atoms with Gasteiger partial charge in [0.1, 0.15) is 11.6 Å². The van der Waals surface area contributed by atoms with E-state index in [0.29, 0.717) is 16.5 Å². The standard InChI is InChI=1S/C18H16ClFN2O3/c1-25-16-7-6-12(19)9-14(16)21-18(24)11-8-17(23)22(10-11)15-5-3-2-4-13(15)20/h2-7,9,11H,8,10H2,1H3,(H,21,24)/t11-/m1/s1. The van der Waals surface area contributed by atoms with Crippen LogP contribution in [0.2, 0.25) is 5.02 Å². The van der Waals surface area contributed by atoms with Crippen LogP contribution in [0.1, 0.15) is 6.42 Å². The van der Waals surface area contributed by atoms with Gasteiger partial charge in [-0.05, 0) is 30.3 Å². The fraction of sp³-hybridized carbons (Fsp3) is 0.222. The number of amides is 2. The number of benzene rings is 2. The van der Waals surface area contributed by atoms with Crippen LogP contribution in [-0.4, -0.2) is 25.5 Å². The van der Waals surface area contributed by atoms with E-state index in [1.165, 1.54) is 24.1 Å². The second-order valence-corrected chi connectivity index (χ2v) is 6.13. The third kappa shape index (κ3) is 3.58. The SMILES string of the molecule is COc1ccc(Cl)cc1NC(=O)[C@@H]1CC(=O)N(c2ccccc2F)C1. The fourth-order valence-corrected chi connectivity index (χ4v) is 2.97. The van der Waals surface area contributed by atoms with Crippen LogP contribution < -0.4 is 15.0 Å². The Balaban J connectivity index is 1.75. The molecule has 130 valence electrons. The van der Waals surface area contributed by atoms with Crippen LogP contribution in [0.4, 0.5) is 15.8 Å². The van der Waals surface area contributed by atoms with Gasteiger partial charge in [0.05, 0.1) is 24.4 Å². The number of rotatable bonds is 4. The van der Waals surface area contributed by atoms with Crippen LogP contribution in [0.5, 0.6) is 5.75 Å². The summed E-state index contributed by atoms with van der Waals surface area (Å²) >= 11 is 5.95. The van der Waals surface area contributed by atoms with E-state index in [-0.39, 0.29) is 30.5 Å². The lowest BCUT2D eigenvalue weighted by molar-refractivity contribution is -0.122. The molecule has 3 rings (SSSR count). The van der Waals surface area contributed by atoms with Gasteiger partial charge in [0, 0.05) is 18.0 Å². The zero-order valence-electron chi connectivity index (χ0n) is 13.5. The van der Waals surface area contributed by atoms with Crippen LogP contribution >= 0.6 is 11.6 Å². The third-order valence-electron chi connectivity index (χ3n) is 4.06. The van der Waals surface area contributed by atoms with Crippen LogP contribution in [0.3, 0.4) is 0 Å². The molecule has 1 N–H and O–H groups in total. The molecule has 25 heavy (non-hydrogen) atoms. The summed E-state index contributed by atoms with van der Waals surface area (Å²) < 4.78 is 19.1. The Kier molecular flexibility index (Phi) is 4.90. The highest BCUT2D eigenvalue weighted by atomic mass is 35.5. The maximum atomic E-state index is 13.9. The number of nitrogens with zero attached hydrogens (tertiary/aromatic N) is 1. The van der Waals surface area contributed by atoms with Crippen molar-refractivity contribution in [3.8, 4) is 5.75 Å².